The maximum absolute atomic E-state index is 12.8. The number of hydrogen-bond acceptors (Lipinski definition) is 3. The van der Waals surface area contributed by atoms with E-state index in [0.717, 1.165) is 0 Å². The minimum atomic E-state index is -5.19. The van der Waals surface area contributed by atoms with E-state index in [4.69, 9.17) is 5.73 Å². The van der Waals surface area contributed by atoms with Crippen molar-refractivity contribution >= 4 is 15.9 Å². The molecule has 2 N–H and O–H groups in total. The zero-order valence-electron chi connectivity index (χ0n) is 12.5. The van der Waals surface area contributed by atoms with Gasteiger partial charge in [0.25, 0.3) is 10.0 Å². The molecule has 0 radical (unpaired) electrons. The van der Waals surface area contributed by atoms with E-state index in [-0.39, 0.29) is 23.9 Å². The summed E-state index contributed by atoms with van der Waals surface area (Å²) in [6, 6.07) is 4.10. The maximum Gasteiger partial charge on any atom is 0.416 e. The van der Waals surface area contributed by atoms with Gasteiger partial charge in [0.2, 0.25) is 0 Å². The highest BCUT2D eigenvalue weighted by molar-refractivity contribution is 7.90. The summed E-state index contributed by atoms with van der Waals surface area (Å²) in [4.78, 5) is 2.40. The van der Waals surface area contributed by atoms with Crippen molar-refractivity contribution in [1.82, 2.24) is 4.98 Å². The van der Waals surface area contributed by atoms with E-state index >= 15 is 0 Å². The molecule has 0 aliphatic carbocycles. The molecular formula is C14H9F6N3O2S. The average Bonchev–Trinajstić information content (AvgIpc) is 2.53. The van der Waals surface area contributed by atoms with Crippen molar-refractivity contribution in [3.8, 4) is 0 Å². The number of hydrogen-bond donors (Lipinski definition) is 1. The highest BCUT2D eigenvalue weighted by Gasteiger charge is 2.38. The molecule has 0 spiro atoms. The largest absolute Gasteiger partial charge is 0.416 e. The Bertz CT molecular complexity index is 905. The third-order valence-corrected chi connectivity index (χ3v) is 4.27. The molecule has 0 bridgehead atoms. The van der Waals surface area contributed by atoms with Crippen molar-refractivity contribution < 1.29 is 34.8 Å². The first-order valence-corrected chi connectivity index (χ1v) is 8.06. The third-order valence-electron chi connectivity index (χ3n) is 3.00. The van der Waals surface area contributed by atoms with Gasteiger partial charge in [-0.05, 0) is 30.3 Å². The van der Waals surface area contributed by atoms with Crippen LogP contribution in [0, 0.1) is 0 Å². The topological polar surface area (TPSA) is 85.4 Å². The van der Waals surface area contributed by atoms with Gasteiger partial charge in [-0.15, -0.1) is 4.40 Å². The smallest absolute Gasteiger partial charge is 0.381 e. The van der Waals surface area contributed by atoms with Gasteiger partial charge in [-0.2, -0.15) is 34.8 Å². The SMILES string of the molecule is NC(=NS(=O)(=O)c1cc(C(F)(F)F)cc(C(F)(F)F)c1)c1ccccn1. The zero-order chi connectivity index (χ0) is 19.8. The third kappa shape index (κ3) is 4.50. The fourth-order valence-electron chi connectivity index (χ4n) is 1.82. The lowest BCUT2D eigenvalue weighted by Gasteiger charge is -2.13. The lowest BCUT2D eigenvalue weighted by molar-refractivity contribution is -0.143. The number of nitrogens with zero attached hydrogens (tertiary/aromatic N) is 2. The second-order valence-corrected chi connectivity index (χ2v) is 6.51. The first-order chi connectivity index (χ1) is 11.8. The van der Waals surface area contributed by atoms with Crippen molar-refractivity contribution in [3.63, 3.8) is 0 Å². The van der Waals surface area contributed by atoms with Crippen LogP contribution in [0.1, 0.15) is 16.8 Å². The van der Waals surface area contributed by atoms with Crippen LogP contribution in [-0.2, 0) is 22.4 Å². The molecule has 140 valence electrons. The second kappa shape index (κ2) is 6.59. The Morgan fingerprint density at radius 3 is 1.92 bits per heavy atom. The molecule has 0 saturated carbocycles. The second-order valence-electron chi connectivity index (χ2n) is 4.91. The number of benzene rings is 1. The van der Waals surface area contributed by atoms with Crippen LogP contribution in [0.25, 0.3) is 0 Å². The molecule has 2 aromatic rings. The van der Waals surface area contributed by atoms with Crippen molar-refractivity contribution in [3.05, 3.63) is 59.4 Å². The molecule has 0 aliphatic rings. The minimum Gasteiger partial charge on any atom is -0.381 e. The van der Waals surface area contributed by atoms with Crippen molar-refractivity contribution in [2.45, 2.75) is 17.2 Å². The molecule has 0 atom stereocenters. The van der Waals surface area contributed by atoms with Gasteiger partial charge in [-0.1, -0.05) is 6.07 Å². The molecule has 1 aromatic heterocycles. The summed E-state index contributed by atoms with van der Waals surface area (Å²) in [7, 11) is -4.95. The van der Waals surface area contributed by atoms with Gasteiger partial charge in [0, 0.05) is 6.20 Å². The molecule has 5 nitrogen and oxygen atoms in total. The zero-order valence-corrected chi connectivity index (χ0v) is 13.3. The molecule has 0 saturated heterocycles. The molecule has 0 aliphatic heterocycles. The Morgan fingerprint density at radius 2 is 1.50 bits per heavy atom. The lowest BCUT2D eigenvalue weighted by atomic mass is 10.1. The average molecular weight is 397 g/mol. The van der Waals surface area contributed by atoms with Crippen LogP contribution in [0.2, 0.25) is 0 Å². The van der Waals surface area contributed by atoms with Gasteiger partial charge in [-0.3, -0.25) is 4.98 Å². The predicted octanol–water partition coefficient (Wildman–Crippen LogP) is 3.21. The van der Waals surface area contributed by atoms with E-state index < -0.39 is 44.2 Å². The van der Waals surface area contributed by atoms with Crippen LogP contribution in [0.5, 0.6) is 0 Å². The molecule has 12 heteroatoms. The first-order valence-electron chi connectivity index (χ1n) is 6.62. The van der Waals surface area contributed by atoms with Crippen molar-refractivity contribution in [1.29, 1.82) is 0 Å². The first kappa shape index (κ1) is 19.7. The van der Waals surface area contributed by atoms with Crippen LogP contribution < -0.4 is 5.73 Å². The van der Waals surface area contributed by atoms with Gasteiger partial charge >= 0.3 is 12.4 Å². The van der Waals surface area contributed by atoms with Crippen molar-refractivity contribution in [2.24, 2.45) is 10.1 Å². The molecule has 0 amide bonds. The fourth-order valence-corrected chi connectivity index (χ4v) is 2.83. The van der Waals surface area contributed by atoms with Gasteiger partial charge in [0.05, 0.1) is 16.0 Å². The Balaban J connectivity index is 2.62. The summed E-state index contributed by atoms with van der Waals surface area (Å²) in [5.41, 5.74) is 1.76. The Hall–Kier alpha value is -2.63. The number of pyridine rings is 1. The number of halogens is 6. The van der Waals surface area contributed by atoms with Crippen LogP contribution in [0.4, 0.5) is 26.3 Å². The number of aromatic nitrogens is 1. The van der Waals surface area contributed by atoms with E-state index in [1.807, 2.05) is 0 Å². The molecule has 2 rings (SSSR count). The van der Waals surface area contributed by atoms with E-state index in [0.29, 0.717) is 0 Å². The monoisotopic (exact) mass is 397 g/mol. The predicted molar refractivity (Wildman–Crippen MR) is 78.6 cm³/mol. The summed E-state index contributed by atoms with van der Waals surface area (Å²) in [6.07, 6.45) is -9.14. The van der Waals surface area contributed by atoms with E-state index in [1.165, 1.54) is 24.4 Å². The van der Waals surface area contributed by atoms with E-state index in [2.05, 4.69) is 9.38 Å². The number of nitrogens with two attached hydrogens (primary N) is 1. The number of amidine groups is 1. The maximum atomic E-state index is 12.8. The summed E-state index contributed by atoms with van der Waals surface area (Å²) in [5.74, 6) is -0.684. The van der Waals surface area contributed by atoms with E-state index in [1.54, 1.807) is 0 Å². The normalized spacial score (nSPS) is 13.7. The van der Waals surface area contributed by atoms with Gasteiger partial charge in [-0.25, -0.2) is 0 Å². The Morgan fingerprint density at radius 1 is 0.962 bits per heavy atom. The Labute approximate surface area is 143 Å². The summed E-state index contributed by atoms with van der Waals surface area (Å²) in [6.45, 7) is 0. The lowest BCUT2D eigenvalue weighted by Crippen LogP contribution is -2.18. The number of rotatable bonds is 3. The highest BCUT2D eigenvalue weighted by atomic mass is 32.2. The molecular weight excluding hydrogens is 388 g/mol. The molecule has 1 aromatic carbocycles. The van der Waals surface area contributed by atoms with Crippen LogP contribution >= 0.6 is 0 Å². The summed E-state index contributed by atoms with van der Waals surface area (Å²) < 4.78 is 104. The fraction of sp³-hybridized carbons (Fsp3) is 0.143. The van der Waals surface area contributed by atoms with Gasteiger partial charge < -0.3 is 5.73 Å². The standard InChI is InChI=1S/C14H9F6N3O2S/c15-13(16,17)8-5-9(14(18,19)20)7-10(6-8)26(24,25)23-12(21)11-3-1-2-4-22-11/h1-7H,(H2,21,23). The van der Waals surface area contributed by atoms with Crippen LogP contribution in [-0.4, -0.2) is 19.2 Å². The van der Waals surface area contributed by atoms with E-state index in [9.17, 15) is 34.8 Å². The molecule has 0 fully saturated rings. The summed E-state index contributed by atoms with van der Waals surface area (Å²) in [5, 5.41) is 0. The van der Waals surface area contributed by atoms with Gasteiger partial charge in [0.15, 0.2) is 5.84 Å². The number of alkyl halides is 6. The van der Waals surface area contributed by atoms with Crippen molar-refractivity contribution in [2.75, 3.05) is 0 Å². The highest BCUT2D eigenvalue weighted by Crippen LogP contribution is 2.37. The molecule has 0 unspecified atom stereocenters. The Kier molecular flexibility index (Phi) is 4.99. The quantitative estimate of drug-likeness (QED) is 0.490. The molecule has 1 heterocycles. The van der Waals surface area contributed by atoms with Crippen LogP contribution in [0.15, 0.2) is 51.9 Å². The van der Waals surface area contributed by atoms with Crippen LogP contribution in [0.3, 0.4) is 0 Å². The molecule has 26 heavy (non-hydrogen) atoms. The minimum absolute atomic E-state index is 0.0553. The number of sulfonamides is 1. The summed E-state index contributed by atoms with van der Waals surface area (Å²) >= 11 is 0. The van der Waals surface area contributed by atoms with Gasteiger partial charge in [0.1, 0.15) is 5.69 Å².